The topological polar surface area (TPSA) is 82.1 Å². The second-order valence-electron chi connectivity index (χ2n) is 8.74. The lowest BCUT2D eigenvalue weighted by atomic mass is 10.1. The predicted molar refractivity (Wildman–Crippen MR) is 97.4 cm³/mol. The molecular weight excluding hydrogens is 322 g/mol. The fourth-order valence-electron chi connectivity index (χ4n) is 2.63. The Morgan fingerprint density at radius 3 is 2.28 bits per heavy atom. The summed E-state index contributed by atoms with van der Waals surface area (Å²) in [6.07, 6.45) is -0.269. The number of ether oxygens (including phenoxy) is 1. The van der Waals surface area contributed by atoms with Crippen molar-refractivity contribution < 1.29 is 19.4 Å². The van der Waals surface area contributed by atoms with Crippen LogP contribution in [0.1, 0.15) is 54.9 Å². The van der Waals surface area contributed by atoms with Crippen molar-refractivity contribution in [3.8, 4) is 0 Å². The fourth-order valence-corrected chi connectivity index (χ4v) is 2.63. The molecule has 0 radical (unpaired) electrons. The van der Waals surface area contributed by atoms with Gasteiger partial charge in [0.1, 0.15) is 11.6 Å². The maximum atomic E-state index is 12.7. The number of hydrogen-bond donors (Lipinski definition) is 2. The first-order chi connectivity index (χ1) is 11.3. The predicted octanol–water partition coefficient (Wildman–Crippen LogP) is 1.59. The maximum Gasteiger partial charge on any atom is 0.410 e. The molecule has 0 aromatic heterocycles. The van der Waals surface area contributed by atoms with E-state index >= 15 is 0 Å². The SMILES string of the molecule is CCC(O)CN1CCN(C(=O)OC(C)(C)C)C[C@H]1C(=O)NC(C)(C)C. The normalized spacial score (nSPS) is 21.0. The van der Waals surface area contributed by atoms with E-state index in [-0.39, 0.29) is 18.0 Å². The highest BCUT2D eigenvalue weighted by Crippen LogP contribution is 2.17. The number of carbonyl (C=O) groups excluding carboxylic acids is 2. The van der Waals surface area contributed by atoms with Crippen LogP contribution < -0.4 is 5.32 Å². The van der Waals surface area contributed by atoms with E-state index in [0.717, 1.165) is 0 Å². The van der Waals surface area contributed by atoms with Gasteiger partial charge in [-0.05, 0) is 48.0 Å². The van der Waals surface area contributed by atoms with Crippen molar-refractivity contribution in [2.45, 2.75) is 78.2 Å². The molecule has 0 spiro atoms. The Morgan fingerprint density at radius 1 is 1.20 bits per heavy atom. The molecule has 1 aliphatic rings. The Bertz CT molecular complexity index is 468. The molecule has 0 aliphatic carbocycles. The molecule has 1 heterocycles. The third-order valence-electron chi connectivity index (χ3n) is 3.86. The summed E-state index contributed by atoms with van der Waals surface area (Å²) in [5.74, 6) is -0.135. The van der Waals surface area contributed by atoms with Crippen molar-refractivity contribution in [1.29, 1.82) is 0 Å². The average Bonchev–Trinajstić information content (AvgIpc) is 2.43. The van der Waals surface area contributed by atoms with Crippen LogP contribution in [0.5, 0.6) is 0 Å². The Hall–Kier alpha value is -1.34. The van der Waals surface area contributed by atoms with E-state index in [0.29, 0.717) is 26.1 Å². The van der Waals surface area contributed by atoms with Gasteiger partial charge in [0.25, 0.3) is 0 Å². The minimum Gasteiger partial charge on any atom is -0.444 e. The molecule has 1 rings (SSSR count). The molecule has 1 aliphatic heterocycles. The lowest BCUT2D eigenvalue weighted by Crippen LogP contribution is -2.63. The standard InChI is InChI=1S/C18H35N3O4/c1-8-13(22)11-20-9-10-21(16(24)25-18(5,6)7)12-14(20)15(23)19-17(2,3)4/h13-14,22H,8-12H2,1-7H3,(H,19,23)/t13?,14-/m0/s1. The smallest absolute Gasteiger partial charge is 0.410 e. The van der Waals surface area contributed by atoms with E-state index in [2.05, 4.69) is 5.32 Å². The molecular formula is C18H35N3O4. The molecule has 2 N–H and O–H groups in total. The van der Waals surface area contributed by atoms with Crippen LogP contribution in [0.25, 0.3) is 0 Å². The van der Waals surface area contributed by atoms with Gasteiger partial charge in [0, 0.05) is 31.7 Å². The zero-order chi connectivity index (χ0) is 19.4. The van der Waals surface area contributed by atoms with Crippen LogP contribution in [-0.4, -0.2) is 76.4 Å². The number of amides is 2. The van der Waals surface area contributed by atoms with Crippen molar-refractivity contribution >= 4 is 12.0 Å². The van der Waals surface area contributed by atoms with Crippen LogP contribution in [0.4, 0.5) is 4.79 Å². The lowest BCUT2D eigenvalue weighted by Gasteiger charge is -2.42. The van der Waals surface area contributed by atoms with Gasteiger partial charge in [-0.1, -0.05) is 6.92 Å². The number of piperazine rings is 1. The quantitative estimate of drug-likeness (QED) is 0.798. The summed E-state index contributed by atoms with van der Waals surface area (Å²) >= 11 is 0. The van der Waals surface area contributed by atoms with Gasteiger partial charge < -0.3 is 20.1 Å². The third kappa shape index (κ3) is 7.61. The minimum absolute atomic E-state index is 0.135. The molecule has 0 bridgehead atoms. The molecule has 1 fully saturated rings. The van der Waals surface area contributed by atoms with Crippen LogP contribution >= 0.6 is 0 Å². The number of aliphatic hydroxyl groups is 1. The first-order valence-corrected chi connectivity index (χ1v) is 9.04. The van der Waals surface area contributed by atoms with Gasteiger partial charge in [-0.15, -0.1) is 0 Å². The maximum absolute atomic E-state index is 12.7. The Morgan fingerprint density at radius 2 is 1.80 bits per heavy atom. The van der Waals surface area contributed by atoms with Crippen molar-refractivity contribution in [3.05, 3.63) is 0 Å². The summed E-state index contributed by atoms with van der Waals surface area (Å²) in [4.78, 5) is 28.6. The molecule has 7 nitrogen and oxygen atoms in total. The molecule has 2 amide bonds. The number of carbonyl (C=O) groups is 2. The largest absolute Gasteiger partial charge is 0.444 e. The number of β-amino-alcohol motifs (C(OH)–C–C–N with tert-alkyl or cyclic N) is 1. The van der Waals surface area contributed by atoms with Crippen molar-refractivity contribution in [2.75, 3.05) is 26.2 Å². The molecule has 25 heavy (non-hydrogen) atoms. The number of nitrogens with one attached hydrogen (secondary N) is 1. The molecule has 2 atom stereocenters. The fraction of sp³-hybridized carbons (Fsp3) is 0.889. The van der Waals surface area contributed by atoms with E-state index in [9.17, 15) is 14.7 Å². The van der Waals surface area contributed by atoms with Gasteiger partial charge in [-0.25, -0.2) is 4.79 Å². The van der Waals surface area contributed by atoms with E-state index < -0.39 is 23.8 Å². The minimum atomic E-state index is -0.574. The zero-order valence-corrected chi connectivity index (χ0v) is 16.8. The second kappa shape index (κ2) is 8.36. The van der Waals surface area contributed by atoms with Crippen molar-refractivity contribution in [2.24, 2.45) is 0 Å². The van der Waals surface area contributed by atoms with Gasteiger partial charge in [-0.2, -0.15) is 0 Å². The Balaban J connectivity index is 2.87. The van der Waals surface area contributed by atoms with E-state index in [1.165, 1.54) is 0 Å². The highest BCUT2D eigenvalue weighted by Gasteiger charge is 2.37. The number of rotatable bonds is 4. The monoisotopic (exact) mass is 357 g/mol. The average molecular weight is 357 g/mol. The summed E-state index contributed by atoms with van der Waals surface area (Å²) in [6.45, 7) is 14.8. The Kier molecular flexibility index (Phi) is 7.26. The first-order valence-electron chi connectivity index (χ1n) is 9.04. The number of nitrogens with zero attached hydrogens (tertiary/aromatic N) is 2. The van der Waals surface area contributed by atoms with Crippen LogP contribution in [-0.2, 0) is 9.53 Å². The van der Waals surface area contributed by atoms with Gasteiger partial charge in [0.2, 0.25) is 5.91 Å². The molecule has 146 valence electrons. The van der Waals surface area contributed by atoms with Gasteiger partial charge >= 0.3 is 6.09 Å². The summed E-state index contributed by atoms with van der Waals surface area (Å²) in [5, 5.41) is 13.0. The van der Waals surface area contributed by atoms with E-state index in [1.807, 2.05) is 53.4 Å². The summed E-state index contributed by atoms with van der Waals surface area (Å²) < 4.78 is 5.43. The van der Waals surface area contributed by atoms with Gasteiger partial charge in [-0.3, -0.25) is 9.69 Å². The zero-order valence-electron chi connectivity index (χ0n) is 16.8. The van der Waals surface area contributed by atoms with Crippen LogP contribution in [0.15, 0.2) is 0 Å². The number of aliphatic hydroxyl groups excluding tert-OH is 1. The van der Waals surface area contributed by atoms with Crippen LogP contribution in [0.2, 0.25) is 0 Å². The number of hydrogen-bond acceptors (Lipinski definition) is 5. The first kappa shape index (κ1) is 21.7. The molecule has 1 unspecified atom stereocenters. The summed E-state index contributed by atoms with van der Waals surface area (Å²) in [6, 6.07) is -0.498. The summed E-state index contributed by atoms with van der Waals surface area (Å²) in [7, 11) is 0. The second-order valence-corrected chi connectivity index (χ2v) is 8.74. The summed E-state index contributed by atoms with van der Waals surface area (Å²) in [5.41, 5.74) is -0.934. The van der Waals surface area contributed by atoms with Gasteiger partial charge in [0.15, 0.2) is 0 Å². The molecule has 1 saturated heterocycles. The molecule has 0 aromatic rings. The Labute approximate surface area is 151 Å². The highest BCUT2D eigenvalue weighted by molar-refractivity contribution is 5.83. The van der Waals surface area contributed by atoms with Gasteiger partial charge in [0.05, 0.1) is 6.10 Å². The third-order valence-corrected chi connectivity index (χ3v) is 3.86. The van der Waals surface area contributed by atoms with E-state index in [1.54, 1.807) is 4.90 Å². The molecule has 7 heteroatoms. The molecule has 0 saturated carbocycles. The van der Waals surface area contributed by atoms with Crippen LogP contribution in [0, 0.1) is 0 Å². The molecule has 0 aromatic carbocycles. The lowest BCUT2D eigenvalue weighted by molar-refractivity contribution is -0.130. The highest BCUT2D eigenvalue weighted by atomic mass is 16.6. The van der Waals surface area contributed by atoms with E-state index in [4.69, 9.17) is 4.74 Å². The van der Waals surface area contributed by atoms with Crippen molar-refractivity contribution in [3.63, 3.8) is 0 Å². The van der Waals surface area contributed by atoms with Crippen LogP contribution in [0.3, 0.4) is 0 Å². The van der Waals surface area contributed by atoms with Crippen molar-refractivity contribution in [1.82, 2.24) is 15.1 Å².